The number of carbonyl (C=O) groups is 1. The number of rotatable bonds is 5. The third-order valence-corrected chi connectivity index (χ3v) is 4.24. The first-order valence-corrected chi connectivity index (χ1v) is 8.08. The van der Waals surface area contributed by atoms with Crippen molar-refractivity contribution in [2.24, 2.45) is 0 Å². The molecule has 138 valence electrons. The van der Waals surface area contributed by atoms with Crippen LogP contribution in [0.3, 0.4) is 0 Å². The fourth-order valence-corrected chi connectivity index (χ4v) is 2.76. The van der Waals surface area contributed by atoms with Crippen molar-refractivity contribution in [3.63, 3.8) is 0 Å². The summed E-state index contributed by atoms with van der Waals surface area (Å²) in [6.07, 6.45) is 2.56. The van der Waals surface area contributed by atoms with E-state index in [0.717, 1.165) is 6.07 Å². The first-order valence-electron chi connectivity index (χ1n) is 7.70. The van der Waals surface area contributed by atoms with E-state index in [0.29, 0.717) is 0 Å². The van der Waals surface area contributed by atoms with Gasteiger partial charge in [-0.15, -0.1) is 0 Å². The fourth-order valence-electron chi connectivity index (χ4n) is 2.54. The molecule has 0 saturated carbocycles. The summed E-state index contributed by atoms with van der Waals surface area (Å²) in [5.74, 6) is -1.04. The van der Waals surface area contributed by atoms with E-state index in [4.69, 9.17) is 11.6 Å². The van der Waals surface area contributed by atoms with Gasteiger partial charge in [0, 0.05) is 35.8 Å². The van der Waals surface area contributed by atoms with Gasteiger partial charge < -0.3 is 4.90 Å². The molecule has 27 heavy (non-hydrogen) atoms. The number of nitrogens with zero attached hydrogens (tertiary/aromatic N) is 5. The molecule has 2 aromatic carbocycles. The minimum absolute atomic E-state index is 0.0804. The molecule has 1 heterocycles. The van der Waals surface area contributed by atoms with Gasteiger partial charge in [-0.1, -0.05) is 17.7 Å². The van der Waals surface area contributed by atoms with Crippen LogP contribution in [-0.2, 0) is 6.54 Å². The Kier molecular flexibility index (Phi) is 5.13. The van der Waals surface area contributed by atoms with E-state index in [1.165, 1.54) is 59.6 Å². The normalized spacial score (nSPS) is 10.6. The number of halogens is 2. The van der Waals surface area contributed by atoms with Gasteiger partial charge in [-0.05, 0) is 24.3 Å². The lowest BCUT2D eigenvalue weighted by Crippen LogP contribution is -2.27. The Hall–Kier alpha value is -3.33. The van der Waals surface area contributed by atoms with E-state index in [9.17, 15) is 19.3 Å². The Balaban J connectivity index is 1.90. The number of nitro groups is 1. The van der Waals surface area contributed by atoms with Crippen LogP contribution in [0.5, 0.6) is 0 Å². The number of nitro benzene ring substituents is 1. The van der Waals surface area contributed by atoms with Crippen molar-refractivity contribution >= 4 is 23.2 Å². The van der Waals surface area contributed by atoms with Gasteiger partial charge in [0.2, 0.25) is 0 Å². The van der Waals surface area contributed by atoms with Crippen molar-refractivity contribution in [1.29, 1.82) is 0 Å². The Morgan fingerprint density at radius 3 is 2.78 bits per heavy atom. The molecular formula is C17H13ClFN5O3. The monoisotopic (exact) mass is 389 g/mol. The molecule has 0 aliphatic heterocycles. The lowest BCUT2D eigenvalue weighted by molar-refractivity contribution is -0.384. The molecule has 0 fully saturated rings. The van der Waals surface area contributed by atoms with Gasteiger partial charge >= 0.3 is 0 Å². The van der Waals surface area contributed by atoms with Gasteiger partial charge in [0.15, 0.2) is 0 Å². The third-order valence-electron chi connectivity index (χ3n) is 3.89. The molecule has 0 aliphatic carbocycles. The SMILES string of the molecule is CN(Cc1c(F)cccc1Cl)C(=O)c1ccc(-n2cncn2)c([N+](=O)[O-])c1. The minimum atomic E-state index is -0.610. The van der Waals surface area contributed by atoms with E-state index in [1.807, 2.05) is 0 Å². The number of aromatic nitrogens is 3. The topological polar surface area (TPSA) is 94.2 Å². The lowest BCUT2D eigenvalue weighted by atomic mass is 10.1. The van der Waals surface area contributed by atoms with Gasteiger partial charge in [-0.3, -0.25) is 14.9 Å². The summed E-state index contributed by atoms with van der Waals surface area (Å²) in [5, 5.41) is 15.5. The van der Waals surface area contributed by atoms with Crippen LogP contribution < -0.4 is 0 Å². The maximum atomic E-state index is 13.9. The number of benzene rings is 2. The second kappa shape index (κ2) is 7.50. The first-order chi connectivity index (χ1) is 12.9. The molecule has 10 heteroatoms. The van der Waals surface area contributed by atoms with Crippen LogP contribution in [-0.4, -0.2) is 37.5 Å². The number of amides is 1. The van der Waals surface area contributed by atoms with Gasteiger partial charge in [0.25, 0.3) is 11.6 Å². The average Bonchev–Trinajstić information content (AvgIpc) is 3.18. The Morgan fingerprint density at radius 1 is 1.37 bits per heavy atom. The van der Waals surface area contributed by atoms with Crippen molar-refractivity contribution in [3.05, 3.63) is 81.1 Å². The maximum absolute atomic E-state index is 13.9. The number of carbonyl (C=O) groups excluding carboxylic acids is 1. The summed E-state index contributed by atoms with van der Waals surface area (Å²) in [7, 11) is 1.46. The summed E-state index contributed by atoms with van der Waals surface area (Å²) < 4.78 is 15.2. The zero-order valence-corrected chi connectivity index (χ0v) is 14.8. The smallest absolute Gasteiger partial charge is 0.295 e. The molecule has 0 atom stereocenters. The van der Waals surface area contributed by atoms with E-state index in [2.05, 4.69) is 10.1 Å². The molecule has 3 rings (SSSR count). The number of hydrogen-bond donors (Lipinski definition) is 0. The minimum Gasteiger partial charge on any atom is -0.337 e. The van der Waals surface area contributed by atoms with E-state index >= 15 is 0 Å². The Bertz CT molecular complexity index is 990. The predicted octanol–water partition coefficient (Wildman–Crippen LogP) is 3.24. The van der Waals surface area contributed by atoms with Crippen molar-refractivity contribution in [2.75, 3.05) is 7.05 Å². The van der Waals surface area contributed by atoms with Gasteiger partial charge in [0.05, 0.1) is 4.92 Å². The summed E-state index contributed by atoms with van der Waals surface area (Å²) in [6, 6.07) is 8.23. The van der Waals surface area contributed by atoms with E-state index in [1.54, 1.807) is 0 Å². The molecule has 0 radical (unpaired) electrons. The summed E-state index contributed by atoms with van der Waals surface area (Å²) >= 11 is 5.99. The van der Waals surface area contributed by atoms with Gasteiger partial charge in [0.1, 0.15) is 24.2 Å². The molecule has 1 aromatic heterocycles. The van der Waals surface area contributed by atoms with Gasteiger partial charge in [-0.2, -0.15) is 5.10 Å². The van der Waals surface area contributed by atoms with Gasteiger partial charge in [-0.25, -0.2) is 14.1 Å². The van der Waals surface area contributed by atoms with Crippen molar-refractivity contribution in [1.82, 2.24) is 19.7 Å². The lowest BCUT2D eigenvalue weighted by Gasteiger charge is -2.18. The second-order valence-electron chi connectivity index (χ2n) is 5.66. The molecule has 0 unspecified atom stereocenters. The van der Waals surface area contributed by atoms with Crippen molar-refractivity contribution in [2.45, 2.75) is 6.54 Å². The zero-order chi connectivity index (χ0) is 19.6. The quantitative estimate of drug-likeness (QED) is 0.493. The highest BCUT2D eigenvalue weighted by Gasteiger charge is 2.22. The van der Waals surface area contributed by atoms with Crippen LogP contribution in [0.1, 0.15) is 15.9 Å². The second-order valence-corrected chi connectivity index (χ2v) is 6.07. The highest BCUT2D eigenvalue weighted by Crippen LogP contribution is 2.25. The Labute approximate surface area is 158 Å². The molecule has 0 bridgehead atoms. The van der Waals surface area contributed by atoms with Crippen LogP contribution in [0, 0.1) is 15.9 Å². The predicted molar refractivity (Wildman–Crippen MR) is 95.2 cm³/mol. The third kappa shape index (κ3) is 3.77. The van der Waals surface area contributed by atoms with Crippen molar-refractivity contribution in [3.8, 4) is 5.69 Å². The molecule has 0 saturated heterocycles. The molecule has 8 nitrogen and oxygen atoms in total. The first kappa shape index (κ1) is 18.5. The van der Waals surface area contributed by atoms with Crippen molar-refractivity contribution < 1.29 is 14.1 Å². The summed E-state index contributed by atoms with van der Waals surface area (Å²) in [4.78, 5) is 28.4. The zero-order valence-electron chi connectivity index (χ0n) is 14.0. The average molecular weight is 390 g/mol. The highest BCUT2D eigenvalue weighted by molar-refractivity contribution is 6.31. The standard InChI is InChI=1S/C17H13ClFN5O3/c1-22(8-12-13(18)3-2-4-14(12)19)17(25)11-5-6-15(16(7-11)24(26)27)23-10-20-9-21-23/h2-7,9-10H,8H2,1H3. The maximum Gasteiger partial charge on any atom is 0.295 e. The van der Waals surface area contributed by atoms with E-state index < -0.39 is 16.6 Å². The molecule has 0 N–H and O–H groups in total. The van der Waals surface area contributed by atoms with Crippen LogP contribution in [0.4, 0.5) is 10.1 Å². The number of hydrogen-bond acceptors (Lipinski definition) is 5. The molecule has 1 amide bonds. The van der Waals surface area contributed by atoms with Crippen LogP contribution in [0.25, 0.3) is 5.69 Å². The fraction of sp³-hybridized carbons (Fsp3) is 0.118. The molecule has 3 aromatic rings. The molecule has 0 spiro atoms. The van der Waals surface area contributed by atoms with Crippen LogP contribution >= 0.6 is 11.6 Å². The molecule has 0 aliphatic rings. The van der Waals surface area contributed by atoms with Crippen LogP contribution in [0.2, 0.25) is 5.02 Å². The van der Waals surface area contributed by atoms with E-state index in [-0.39, 0.29) is 34.1 Å². The highest BCUT2D eigenvalue weighted by atomic mass is 35.5. The summed E-state index contributed by atoms with van der Waals surface area (Å²) in [5.41, 5.74) is 0.127. The summed E-state index contributed by atoms with van der Waals surface area (Å²) in [6.45, 7) is -0.0804. The molecular weight excluding hydrogens is 377 g/mol. The largest absolute Gasteiger partial charge is 0.337 e. The van der Waals surface area contributed by atoms with Crippen LogP contribution in [0.15, 0.2) is 49.1 Å². The Morgan fingerprint density at radius 2 is 2.15 bits per heavy atom.